The molecule has 2 heteroatoms. The highest BCUT2D eigenvalue weighted by atomic mass is 16.6. The standard InChI is InChI=1S/C13H13NO/c1-7-6-14-15-13-10(7)3-2-8-4-9-5-11(9)12(8)13/h2-3,6-7,9,11H,4-5H2,1H3/t7-,9?,11?/m1/s1. The van der Waals surface area contributed by atoms with Crippen LogP contribution in [0.2, 0.25) is 0 Å². The van der Waals surface area contributed by atoms with Crippen LogP contribution in [0.3, 0.4) is 0 Å². The SMILES string of the molecule is C[C@@H]1C=NOc2c1ccc1c2C2CC2C1. The van der Waals surface area contributed by atoms with Crippen LogP contribution in [0.5, 0.6) is 5.75 Å². The summed E-state index contributed by atoms with van der Waals surface area (Å²) < 4.78 is 0. The summed E-state index contributed by atoms with van der Waals surface area (Å²) in [5, 5.41) is 4.00. The molecule has 1 aromatic carbocycles. The van der Waals surface area contributed by atoms with Crippen molar-refractivity contribution in [2.45, 2.75) is 31.6 Å². The first kappa shape index (κ1) is 7.91. The molecule has 1 heterocycles. The molecule has 1 aliphatic heterocycles. The maximum atomic E-state index is 5.50. The Morgan fingerprint density at radius 1 is 1.40 bits per heavy atom. The maximum absolute atomic E-state index is 5.50. The molecule has 0 amide bonds. The van der Waals surface area contributed by atoms with Crippen LogP contribution in [0.25, 0.3) is 0 Å². The number of hydrogen-bond acceptors (Lipinski definition) is 2. The van der Waals surface area contributed by atoms with E-state index in [2.05, 4.69) is 24.2 Å². The lowest BCUT2D eigenvalue weighted by Crippen LogP contribution is -2.08. The molecular weight excluding hydrogens is 186 g/mol. The van der Waals surface area contributed by atoms with E-state index in [9.17, 15) is 0 Å². The van der Waals surface area contributed by atoms with E-state index in [1.807, 2.05) is 6.21 Å². The van der Waals surface area contributed by atoms with Crippen molar-refractivity contribution in [3.8, 4) is 5.75 Å². The Morgan fingerprint density at radius 2 is 2.33 bits per heavy atom. The Morgan fingerprint density at radius 3 is 3.27 bits per heavy atom. The van der Waals surface area contributed by atoms with Crippen LogP contribution in [0.4, 0.5) is 0 Å². The summed E-state index contributed by atoms with van der Waals surface area (Å²) in [6.45, 7) is 2.18. The highest BCUT2D eigenvalue weighted by Gasteiger charge is 2.47. The van der Waals surface area contributed by atoms with Gasteiger partial charge in [0.05, 0.1) is 6.21 Å². The summed E-state index contributed by atoms with van der Waals surface area (Å²) in [5.41, 5.74) is 4.29. The van der Waals surface area contributed by atoms with E-state index < -0.39 is 0 Å². The molecule has 3 aliphatic rings. The van der Waals surface area contributed by atoms with Gasteiger partial charge < -0.3 is 4.84 Å². The summed E-state index contributed by atoms with van der Waals surface area (Å²) in [6.07, 6.45) is 4.51. The third-order valence-electron chi connectivity index (χ3n) is 4.01. The molecule has 1 aromatic rings. The Labute approximate surface area is 88.9 Å². The fourth-order valence-electron chi connectivity index (χ4n) is 3.07. The van der Waals surface area contributed by atoms with Crippen LogP contribution in [-0.2, 0) is 6.42 Å². The minimum absolute atomic E-state index is 0.400. The van der Waals surface area contributed by atoms with Crippen molar-refractivity contribution < 1.29 is 4.84 Å². The molecule has 2 unspecified atom stereocenters. The summed E-state index contributed by atoms with van der Waals surface area (Å²) in [6, 6.07) is 4.51. The molecule has 1 fully saturated rings. The van der Waals surface area contributed by atoms with E-state index in [1.165, 1.54) is 29.5 Å². The van der Waals surface area contributed by atoms with Gasteiger partial charge in [-0.25, -0.2) is 0 Å². The van der Waals surface area contributed by atoms with Gasteiger partial charge in [-0.2, -0.15) is 0 Å². The summed E-state index contributed by atoms with van der Waals surface area (Å²) in [5.74, 6) is 3.18. The Kier molecular flexibility index (Phi) is 1.28. The molecule has 0 spiro atoms. The van der Waals surface area contributed by atoms with Gasteiger partial charge in [0.1, 0.15) is 0 Å². The van der Waals surface area contributed by atoms with Gasteiger partial charge >= 0.3 is 0 Å². The molecule has 0 aromatic heterocycles. The van der Waals surface area contributed by atoms with E-state index in [0.717, 1.165) is 17.6 Å². The van der Waals surface area contributed by atoms with Crippen molar-refractivity contribution >= 4 is 6.21 Å². The van der Waals surface area contributed by atoms with Gasteiger partial charge in [-0.3, -0.25) is 0 Å². The average Bonchev–Trinajstić information content (AvgIpc) is 2.90. The van der Waals surface area contributed by atoms with E-state index in [1.54, 1.807) is 0 Å². The smallest absolute Gasteiger partial charge is 0.165 e. The Hall–Kier alpha value is -1.31. The highest BCUT2D eigenvalue weighted by Crippen LogP contribution is 2.60. The average molecular weight is 199 g/mol. The molecule has 0 bridgehead atoms. The van der Waals surface area contributed by atoms with Crippen LogP contribution in [0.1, 0.15) is 41.9 Å². The molecule has 15 heavy (non-hydrogen) atoms. The van der Waals surface area contributed by atoms with Crippen LogP contribution in [0.15, 0.2) is 17.3 Å². The number of oxime groups is 1. The van der Waals surface area contributed by atoms with Gasteiger partial charge in [-0.05, 0) is 30.2 Å². The zero-order valence-electron chi connectivity index (χ0n) is 8.73. The second kappa shape index (κ2) is 2.43. The molecule has 0 N–H and O–H groups in total. The van der Waals surface area contributed by atoms with Crippen LogP contribution < -0.4 is 4.84 Å². The third-order valence-corrected chi connectivity index (χ3v) is 4.01. The zero-order valence-corrected chi connectivity index (χ0v) is 8.73. The van der Waals surface area contributed by atoms with Gasteiger partial charge in [0.2, 0.25) is 0 Å². The molecule has 0 saturated heterocycles. The molecule has 2 aliphatic carbocycles. The van der Waals surface area contributed by atoms with E-state index in [-0.39, 0.29) is 0 Å². The van der Waals surface area contributed by atoms with Crippen molar-refractivity contribution in [2.75, 3.05) is 0 Å². The summed E-state index contributed by atoms with van der Waals surface area (Å²) in [4.78, 5) is 5.50. The van der Waals surface area contributed by atoms with Crippen molar-refractivity contribution in [3.05, 3.63) is 28.8 Å². The molecular formula is C13H13NO. The molecule has 1 saturated carbocycles. The maximum Gasteiger partial charge on any atom is 0.165 e. The second-order valence-corrected chi connectivity index (χ2v) is 5.00. The van der Waals surface area contributed by atoms with E-state index in [0.29, 0.717) is 5.92 Å². The molecule has 2 nitrogen and oxygen atoms in total. The quantitative estimate of drug-likeness (QED) is 0.629. The predicted molar refractivity (Wildman–Crippen MR) is 58.5 cm³/mol. The van der Waals surface area contributed by atoms with Crippen molar-refractivity contribution in [1.82, 2.24) is 0 Å². The zero-order chi connectivity index (χ0) is 9.99. The Balaban J connectivity index is 1.96. The van der Waals surface area contributed by atoms with Crippen molar-refractivity contribution in [2.24, 2.45) is 11.1 Å². The lowest BCUT2D eigenvalue weighted by molar-refractivity contribution is 0.326. The van der Waals surface area contributed by atoms with Gasteiger partial charge in [0.25, 0.3) is 0 Å². The first-order valence-electron chi connectivity index (χ1n) is 5.71. The number of rotatable bonds is 0. The number of fused-ring (bicyclic) bond motifs is 5. The van der Waals surface area contributed by atoms with E-state index in [4.69, 9.17) is 4.84 Å². The minimum Gasteiger partial charge on any atom is -0.357 e. The lowest BCUT2D eigenvalue weighted by Gasteiger charge is -2.19. The van der Waals surface area contributed by atoms with E-state index >= 15 is 0 Å². The first-order valence-corrected chi connectivity index (χ1v) is 5.71. The first-order chi connectivity index (χ1) is 7.34. The number of benzene rings is 1. The predicted octanol–water partition coefficient (Wildman–Crippen LogP) is 2.83. The summed E-state index contributed by atoms with van der Waals surface area (Å²) >= 11 is 0. The monoisotopic (exact) mass is 199 g/mol. The van der Waals surface area contributed by atoms with Gasteiger partial charge in [-0.1, -0.05) is 24.2 Å². The van der Waals surface area contributed by atoms with Gasteiger partial charge in [0.15, 0.2) is 5.75 Å². The van der Waals surface area contributed by atoms with Crippen LogP contribution in [0, 0.1) is 5.92 Å². The topological polar surface area (TPSA) is 21.6 Å². The normalized spacial score (nSPS) is 34.1. The second-order valence-electron chi connectivity index (χ2n) is 5.00. The van der Waals surface area contributed by atoms with Crippen molar-refractivity contribution in [3.63, 3.8) is 0 Å². The fourth-order valence-corrected chi connectivity index (χ4v) is 3.07. The largest absolute Gasteiger partial charge is 0.357 e. The Bertz CT molecular complexity index is 478. The molecule has 0 radical (unpaired) electrons. The number of nitrogens with zero attached hydrogens (tertiary/aromatic N) is 1. The van der Waals surface area contributed by atoms with Gasteiger partial charge in [0, 0.05) is 17.0 Å². The summed E-state index contributed by atoms with van der Waals surface area (Å²) in [7, 11) is 0. The molecule has 4 rings (SSSR count). The number of hydrogen-bond donors (Lipinski definition) is 0. The molecule has 3 atom stereocenters. The van der Waals surface area contributed by atoms with Crippen LogP contribution in [-0.4, -0.2) is 6.21 Å². The van der Waals surface area contributed by atoms with Crippen LogP contribution >= 0.6 is 0 Å². The van der Waals surface area contributed by atoms with Gasteiger partial charge in [-0.15, -0.1) is 0 Å². The van der Waals surface area contributed by atoms with Crippen molar-refractivity contribution in [1.29, 1.82) is 0 Å². The fraction of sp³-hybridized carbons (Fsp3) is 0.462. The third kappa shape index (κ3) is 0.921. The lowest BCUT2D eigenvalue weighted by atomic mass is 9.94. The molecule has 76 valence electrons. The minimum atomic E-state index is 0.400. The highest BCUT2D eigenvalue weighted by molar-refractivity contribution is 5.72.